The number of amides is 2. The molecule has 1 aromatic carbocycles. The summed E-state index contributed by atoms with van der Waals surface area (Å²) < 4.78 is 1.32. The zero-order chi connectivity index (χ0) is 18.4. The highest BCUT2D eigenvalue weighted by atomic mass is 32.1. The van der Waals surface area contributed by atoms with Crippen LogP contribution in [-0.2, 0) is 12.8 Å². The van der Waals surface area contributed by atoms with Crippen molar-refractivity contribution in [2.24, 2.45) is 0 Å². The van der Waals surface area contributed by atoms with Gasteiger partial charge in [-0.1, -0.05) is 24.3 Å². The van der Waals surface area contributed by atoms with Crippen molar-refractivity contribution in [1.82, 2.24) is 15.5 Å². The van der Waals surface area contributed by atoms with Gasteiger partial charge in [-0.2, -0.15) is 0 Å². The van der Waals surface area contributed by atoms with E-state index in [1.165, 1.54) is 20.5 Å². The van der Waals surface area contributed by atoms with Crippen LogP contribution in [0.25, 0.3) is 10.1 Å². The number of benzene rings is 1. The van der Waals surface area contributed by atoms with E-state index >= 15 is 0 Å². The van der Waals surface area contributed by atoms with Crippen molar-refractivity contribution in [3.05, 3.63) is 57.6 Å². The Morgan fingerprint density at radius 2 is 1.96 bits per heavy atom. The average Bonchev–Trinajstić information content (AvgIpc) is 3.28. The normalized spacial score (nSPS) is 12.4. The summed E-state index contributed by atoms with van der Waals surface area (Å²) in [4.78, 5) is 15.5. The van der Waals surface area contributed by atoms with Crippen LogP contribution in [0.5, 0.6) is 0 Å². The van der Waals surface area contributed by atoms with E-state index in [1.807, 2.05) is 6.07 Å². The van der Waals surface area contributed by atoms with Gasteiger partial charge in [-0.3, -0.25) is 0 Å². The van der Waals surface area contributed by atoms with Crippen LogP contribution >= 0.6 is 22.7 Å². The van der Waals surface area contributed by atoms with Gasteiger partial charge in [0, 0.05) is 28.7 Å². The molecule has 0 saturated carbocycles. The summed E-state index contributed by atoms with van der Waals surface area (Å²) in [6.45, 7) is 1.29. The van der Waals surface area contributed by atoms with Crippen LogP contribution < -0.4 is 10.6 Å². The molecule has 2 heterocycles. The molecule has 1 atom stereocenters. The summed E-state index contributed by atoms with van der Waals surface area (Å²) in [5.41, 5.74) is 1.35. The minimum atomic E-state index is -0.0939. The van der Waals surface area contributed by atoms with Crippen LogP contribution in [0.1, 0.15) is 10.4 Å². The second-order valence-corrected chi connectivity index (χ2v) is 8.49. The van der Waals surface area contributed by atoms with Crippen LogP contribution in [0.4, 0.5) is 4.79 Å². The summed E-state index contributed by atoms with van der Waals surface area (Å²) in [6.07, 6.45) is 1.80. The maximum atomic E-state index is 12.1. The monoisotopic (exact) mass is 387 g/mol. The summed E-state index contributed by atoms with van der Waals surface area (Å²) in [7, 11) is 4.13. The quantitative estimate of drug-likeness (QED) is 0.614. The molecule has 0 aliphatic rings. The molecular weight excluding hydrogens is 362 g/mol. The van der Waals surface area contributed by atoms with E-state index in [9.17, 15) is 4.79 Å². The predicted octanol–water partition coefficient (Wildman–Crippen LogP) is 3.98. The highest BCUT2D eigenvalue weighted by Crippen LogP contribution is 2.27. The fourth-order valence-electron chi connectivity index (χ4n) is 2.91. The molecule has 0 aliphatic heterocycles. The Morgan fingerprint density at radius 3 is 2.73 bits per heavy atom. The van der Waals surface area contributed by atoms with Gasteiger partial charge in [0.15, 0.2) is 0 Å². The topological polar surface area (TPSA) is 44.4 Å². The molecule has 2 aromatic heterocycles. The van der Waals surface area contributed by atoms with Gasteiger partial charge < -0.3 is 15.5 Å². The van der Waals surface area contributed by atoms with Crippen LogP contribution in [0.3, 0.4) is 0 Å². The zero-order valence-corrected chi connectivity index (χ0v) is 16.8. The standard InChI is InChI=1S/C20H25N3OS2/c1-23(2)16(12-15-14-26-19-8-4-3-7-18(15)19)13-22-20(24)21-10-9-17-6-5-11-25-17/h3-8,11,14,16H,9-10,12-13H2,1-2H3,(H2,21,22,24). The number of nitrogens with one attached hydrogen (secondary N) is 2. The molecule has 2 amide bonds. The molecule has 4 nitrogen and oxygen atoms in total. The summed E-state index contributed by atoms with van der Waals surface area (Å²) in [5.74, 6) is 0. The summed E-state index contributed by atoms with van der Waals surface area (Å²) >= 11 is 3.51. The minimum Gasteiger partial charge on any atom is -0.338 e. The molecule has 138 valence electrons. The number of hydrogen-bond donors (Lipinski definition) is 2. The van der Waals surface area contributed by atoms with Crippen molar-refractivity contribution in [2.45, 2.75) is 18.9 Å². The van der Waals surface area contributed by atoms with Crippen molar-refractivity contribution >= 4 is 38.8 Å². The summed E-state index contributed by atoms with van der Waals surface area (Å²) in [6, 6.07) is 12.8. The van der Waals surface area contributed by atoms with Crippen molar-refractivity contribution < 1.29 is 4.79 Å². The van der Waals surface area contributed by atoms with Crippen LogP contribution in [-0.4, -0.2) is 44.2 Å². The van der Waals surface area contributed by atoms with Crippen LogP contribution in [0.2, 0.25) is 0 Å². The number of hydrogen-bond acceptors (Lipinski definition) is 4. The van der Waals surface area contributed by atoms with Gasteiger partial charge in [0.1, 0.15) is 0 Å². The fraction of sp³-hybridized carbons (Fsp3) is 0.350. The highest BCUT2D eigenvalue weighted by Gasteiger charge is 2.16. The first-order valence-corrected chi connectivity index (χ1v) is 10.5. The second-order valence-electron chi connectivity index (χ2n) is 6.54. The molecule has 0 saturated heterocycles. The van der Waals surface area contributed by atoms with Crippen molar-refractivity contribution in [2.75, 3.05) is 27.2 Å². The largest absolute Gasteiger partial charge is 0.338 e. The Kier molecular flexibility index (Phi) is 6.66. The number of likely N-dealkylation sites (N-methyl/N-ethyl adjacent to an activating group) is 1. The van der Waals surface area contributed by atoms with Crippen LogP contribution in [0.15, 0.2) is 47.2 Å². The Bertz CT molecular complexity index is 827. The van der Waals surface area contributed by atoms with Gasteiger partial charge >= 0.3 is 6.03 Å². The molecule has 0 fully saturated rings. The highest BCUT2D eigenvalue weighted by molar-refractivity contribution is 7.17. The van der Waals surface area contributed by atoms with E-state index in [1.54, 1.807) is 22.7 Å². The number of rotatable bonds is 8. The Balaban J connectivity index is 1.49. The number of carbonyl (C=O) groups is 1. The molecule has 0 aliphatic carbocycles. The van der Waals surface area contributed by atoms with E-state index < -0.39 is 0 Å². The Labute approximate surface area is 162 Å². The molecular formula is C20H25N3OS2. The molecule has 1 unspecified atom stereocenters. The number of urea groups is 1. The third kappa shape index (κ3) is 5.06. The maximum Gasteiger partial charge on any atom is 0.314 e. The predicted molar refractivity (Wildman–Crippen MR) is 112 cm³/mol. The number of thiophene rings is 2. The van der Waals surface area contributed by atoms with Gasteiger partial charge in [-0.25, -0.2) is 4.79 Å². The Hall–Kier alpha value is -1.89. The lowest BCUT2D eigenvalue weighted by molar-refractivity contribution is 0.232. The SMILES string of the molecule is CN(C)C(CNC(=O)NCCc1cccs1)Cc1csc2ccccc12. The molecule has 3 rings (SSSR count). The lowest BCUT2D eigenvalue weighted by Gasteiger charge is -2.24. The van der Waals surface area contributed by atoms with Crippen molar-refractivity contribution in [3.8, 4) is 0 Å². The second kappa shape index (κ2) is 9.16. The first-order chi connectivity index (χ1) is 12.6. The Morgan fingerprint density at radius 1 is 1.12 bits per heavy atom. The smallest absolute Gasteiger partial charge is 0.314 e. The number of nitrogens with zero attached hydrogens (tertiary/aromatic N) is 1. The molecule has 26 heavy (non-hydrogen) atoms. The third-order valence-corrected chi connectivity index (χ3v) is 6.43. The van der Waals surface area contributed by atoms with Crippen molar-refractivity contribution in [1.29, 1.82) is 0 Å². The molecule has 3 aromatic rings. The zero-order valence-electron chi connectivity index (χ0n) is 15.2. The van der Waals surface area contributed by atoms with Crippen molar-refractivity contribution in [3.63, 3.8) is 0 Å². The van der Waals surface area contributed by atoms with E-state index in [0.29, 0.717) is 13.1 Å². The molecule has 0 bridgehead atoms. The molecule has 6 heteroatoms. The van der Waals surface area contributed by atoms with E-state index in [2.05, 4.69) is 70.7 Å². The molecule has 0 spiro atoms. The fourth-order valence-corrected chi connectivity index (χ4v) is 4.59. The number of carbonyl (C=O) groups excluding carboxylic acids is 1. The number of fused-ring (bicyclic) bond motifs is 1. The van der Waals surface area contributed by atoms with E-state index in [4.69, 9.17) is 0 Å². The molecule has 0 radical (unpaired) electrons. The lowest BCUT2D eigenvalue weighted by atomic mass is 10.0. The van der Waals surface area contributed by atoms with Gasteiger partial charge in [-0.05, 0) is 60.8 Å². The summed E-state index contributed by atoms with van der Waals surface area (Å²) in [5, 5.41) is 11.6. The first kappa shape index (κ1) is 18.9. The van der Waals surface area contributed by atoms with Gasteiger partial charge in [0.2, 0.25) is 0 Å². The molecule has 2 N–H and O–H groups in total. The van der Waals surface area contributed by atoms with E-state index in [-0.39, 0.29) is 12.1 Å². The maximum absolute atomic E-state index is 12.1. The third-order valence-electron chi connectivity index (χ3n) is 4.48. The first-order valence-electron chi connectivity index (χ1n) is 8.79. The van der Waals surface area contributed by atoms with Crippen LogP contribution in [0, 0.1) is 0 Å². The minimum absolute atomic E-state index is 0.0939. The van der Waals surface area contributed by atoms with Gasteiger partial charge in [-0.15, -0.1) is 22.7 Å². The average molecular weight is 388 g/mol. The van der Waals surface area contributed by atoms with Gasteiger partial charge in [0.25, 0.3) is 0 Å². The lowest BCUT2D eigenvalue weighted by Crippen LogP contribution is -2.45. The van der Waals surface area contributed by atoms with E-state index in [0.717, 1.165) is 12.8 Å². The van der Waals surface area contributed by atoms with Gasteiger partial charge in [0.05, 0.1) is 0 Å².